The molecule has 0 radical (unpaired) electrons. The fourth-order valence-corrected chi connectivity index (χ4v) is 2.34. The summed E-state index contributed by atoms with van der Waals surface area (Å²) < 4.78 is 10.4. The van der Waals surface area contributed by atoms with Gasteiger partial charge in [-0.05, 0) is 31.0 Å². The van der Waals surface area contributed by atoms with Crippen molar-refractivity contribution in [1.82, 2.24) is 0 Å². The van der Waals surface area contributed by atoms with E-state index in [2.05, 4.69) is 10.6 Å². The molecule has 0 aliphatic rings. The third-order valence-corrected chi connectivity index (χ3v) is 3.66. The molecule has 0 aromatic heterocycles. The normalized spacial score (nSPS) is 10.1. The molecule has 0 atom stereocenters. The first-order valence-corrected chi connectivity index (χ1v) is 7.39. The van der Waals surface area contributed by atoms with E-state index < -0.39 is 0 Å². The van der Waals surface area contributed by atoms with E-state index in [9.17, 15) is 4.79 Å². The summed E-state index contributed by atoms with van der Waals surface area (Å²) >= 11 is 6.05. The predicted molar refractivity (Wildman–Crippen MR) is 93.1 cm³/mol. The van der Waals surface area contributed by atoms with E-state index in [0.29, 0.717) is 22.2 Å². The van der Waals surface area contributed by atoms with Gasteiger partial charge in [0.2, 0.25) is 0 Å². The van der Waals surface area contributed by atoms with Crippen LogP contribution in [0.3, 0.4) is 0 Å². The van der Waals surface area contributed by atoms with Crippen molar-refractivity contribution in [2.24, 2.45) is 0 Å². The lowest BCUT2D eigenvalue weighted by molar-refractivity contribution is 0.262. The molecule has 0 fully saturated rings. The highest BCUT2D eigenvalue weighted by Crippen LogP contribution is 2.35. The largest absolute Gasteiger partial charge is 0.495 e. The van der Waals surface area contributed by atoms with Crippen molar-refractivity contribution >= 4 is 29.0 Å². The van der Waals surface area contributed by atoms with E-state index in [1.54, 1.807) is 12.1 Å². The summed E-state index contributed by atoms with van der Waals surface area (Å²) in [5.74, 6) is 0.904. The average molecular weight is 335 g/mol. The van der Waals surface area contributed by atoms with Crippen LogP contribution in [0.2, 0.25) is 5.02 Å². The van der Waals surface area contributed by atoms with Crippen molar-refractivity contribution in [2.45, 2.75) is 13.8 Å². The van der Waals surface area contributed by atoms with Crippen LogP contribution in [0.1, 0.15) is 11.1 Å². The van der Waals surface area contributed by atoms with Crippen molar-refractivity contribution in [3.63, 3.8) is 0 Å². The molecule has 2 amide bonds. The third kappa shape index (κ3) is 4.07. The summed E-state index contributed by atoms with van der Waals surface area (Å²) in [6, 6.07) is 8.69. The molecule has 0 aliphatic heterocycles. The maximum absolute atomic E-state index is 12.2. The van der Waals surface area contributed by atoms with E-state index in [1.165, 1.54) is 14.2 Å². The highest BCUT2D eigenvalue weighted by molar-refractivity contribution is 6.32. The molecule has 0 bridgehead atoms. The van der Waals surface area contributed by atoms with Gasteiger partial charge in [0.15, 0.2) is 0 Å². The van der Waals surface area contributed by atoms with Crippen LogP contribution in [0, 0.1) is 13.8 Å². The van der Waals surface area contributed by atoms with E-state index in [4.69, 9.17) is 21.1 Å². The Hall–Kier alpha value is -2.40. The second kappa shape index (κ2) is 7.24. The molecule has 0 spiro atoms. The maximum Gasteiger partial charge on any atom is 0.323 e. The fourth-order valence-electron chi connectivity index (χ4n) is 2.10. The second-order valence-electron chi connectivity index (χ2n) is 5.08. The third-order valence-electron chi connectivity index (χ3n) is 3.36. The van der Waals surface area contributed by atoms with Crippen LogP contribution in [0.15, 0.2) is 30.3 Å². The van der Waals surface area contributed by atoms with Crippen LogP contribution in [0.5, 0.6) is 11.5 Å². The zero-order valence-corrected chi connectivity index (χ0v) is 14.2. The summed E-state index contributed by atoms with van der Waals surface area (Å²) in [5, 5.41) is 5.98. The quantitative estimate of drug-likeness (QED) is 0.857. The number of nitrogens with one attached hydrogen (secondary N) is 2. The molecule has 2 N–H and O–H groups in total. The zero-order valence-electron chi connectivity index (χ0n) is 13.5. The molecule has 122 valence electrons. The summed E-state index contributed by atoms with van der Waals surface area (Å²) in [4.78, 5) is 12.2. The first-order chi connectivity index (χ1) is 10.9. The van der Waals surface area contributed by atoms with Gasteiger partial charge in [0.1, 0.15) is 11.5 Å². The predicted octanol–water partition coefficient (Wildman–Crippen LogP) is 4.62. The highest BCUT2D eigenvalue weighted by Gasteiger charge is 2.13. The van der Waals surface area contributed by atoms with Gasteiger partial charge in [-0.25, -0.2) is 4.79 Å². The standard InChI is InChI=1S/C17H19ClN2O3/c1-10-5-6-11(2)13(7-10)19-17(21)20-14-9-15(22-3)12(18)8-16(14)23-4/h5-9H,1-4H3,(H2,19,20,21). The second-order valence-corrected chi connectivity index (χ2v) is 5.49. The Bertz CT molecular complexity index is 732. The Morgan fingerprint density at radius 3 is 2.26 bits per heavy atom. The minimum Gasteiger partial charge on any atom is -0.495 e. The smallest absolute Gasteiger partial charge is 0.323 e. The lowest BCUT2D eigenvalue weighted by atomic mass is 10.1. The lowest BCUT2D eigenvalue weighted by Crippen LogP contribution is -2.20. The molecule has 6 heteroatoms. The number of carbonyl (C=O) groups is 1. The summed E-state index contributed by atoms with van der Waals surface area (Å²) in [7, 11) is 3.01. The number of amides is 2. The zero-order chi connectivity index (χ0) is 17.0. The number of ether oxygens (including phenoxy) is 2. The van der Waals surface area contributed by atoms with Crippen LogP contribution in [-0.4, -0.2) is 20.3 Å². The Balaban J connectivity index is 2.21. The van der Waals surface area contributed by atoms with Crippen LogP contribution in [0.25, 0.3) is 0 Å². The van der Waals surface area contributed by atoms with E-state index in [0.717, 1.165) is 16.8 Å². The van der Waals surface area contributed by atoms with Gasteiger partial charge in [-0.15, -0.1) is 0 Å². The summed E-state index contributed by atoms with van der Waals surface area (Å²) in [5.41, 5.74) is 3.27. The van der Waals surface area contributed by atoms with Gasteiger partial charge >= 0.3 is 6.03 Å². The Morgan fingerprint density at radius 1 is 0.957 bits per heavy atom. The number of hydrogen-bond donors (Lipinski definition) is 2. The van der Waals surface area contributed by atoms with Gasteiger partial charge in [0.05, 0.1) is 24.9 Å². The number of aryl methyl sites for hydroxylation is 2. The van der Waals surface area contributed by atoms with Crippen molar-refractivity contribution in [3.8, 4) is 11.5 Å². The number of methoxy groups -OCH3 is 2. The van der Waals surface area contributed by atoms with Crippen LogP contribution < -0.4 is 20.1 Å². The SMILES string of the molecule is COc1cc(NC(=O)Nc2cc(C)ccc2C)c(OC)cc1Cl. The van der Waals surface area contributed by atoms with Crippen LogP contribution >= 0.6 is 11.6 Å². The van der Waals surface area contributed by atoms with Gasteiger partial charge in [-0.2, -0.15) is 0 Å². The Morgan fingerprint density at radius 2 is 1.61 bits per heavy atom. The van der Waals surface area contributed by atoms with Crippen LogP contribution in [-0.2, 0) is 0 Å². The highest BCUT2D eigenvalue weighted by atomic mass is 35.5. The van der Waals surface area contributed by atoms with Gasteiger partial charge in [0, 0.05) is 17.8 Å². The number of rotatable bonds is 4. The number of halogens is 1. The van der Waals surface area contributed by atoms with Gasteiger partial charge in [-0.1, -0.05) is 23.7 Å². The van der Waals surface area contributed by atoms with Gasteiger partial charge in [-0.3, -0.25) is 0 Å². The molecule has 2 aromatic rings. The number of urea groups is 1. The molecule has 5 nitrogen and oxygen atoms in total. The summed E-state index contributed by atoms with van der Waals surface area (Å²) in [6.07, 6.45) is 0. The number of carbonyl (C=O) groups excluding carboxylic acids is 1. The molecule has 0 saturated carbocycles. The fraction of sp³-hybridized carbons (Fsp3) is 0.235. The molecule has 0 aliphatic carbocycles. The molecule has 2 rings (SSSR count). The first-order valence-electron chi connectivity index (χ1n) is 7.01. The van der Waals surface area contributed by atoms with Crippen molar-refractivity contribution in [3.05, 3.63) is 46.5 Å². The molecule has 2 aromatic carbocycles. The summed E-state index contributed by atoms with van der Waals surface area (Å²) in [6.45, 7) is 3.90. The monoisotopic (exact) mass is 334 g/mol. The van der Waals surface area contributed by atoms with Gasteiger partial charge in [0.25, 0.3) is 0 Å². The topological polar surface area (TPSA) is 59.6 Å². The van der Waals surface area contributed by atoms with Gasteiger partial charge < -0.3 is 20.1 Å². The maximum atomic E-state index is 12.2. The first kappa shape index (κ1) is 17.0. The molecular formula is C17H19ClN2O3. The van der Waals surface area contributed by atoms with Crippen molar-refractivity contribution in [1.29, 1.82) is 0 Å². The minimum atomic E-state index is -0.374. The Labute approximate surface area is 140 Å². The number of benzene rings is 2. The number of anilines is 2. The van der Waals surface area contributed by atoms with Crippen molar-refractivity contribution in [2.75, 3.05) is 24.9 Å². The van der Waals surface area contributed by atoms with E-state index in [1.807, 2.05) is 32.0 Å². The molecule has 0 saturated heterocycles. The lowest BCUT2D eigenvalue weighted by Gasteiger charge is -2.14. The molecule has 0 heterocycles. The van der Waals surface area contributed by atoms with E-state index in [-0.39, 0.29) is 6.03 Å². The van der Waals surface area contributed by atoms with E-state index >= 15 is 0 Å². The Kier molecular flexibility index (Phi) is 5.34. The van der Waals surface area contributed by atoms with Crippen LogP contribution in [0.4, 0.5) is 16.2 Å². The minimum absolute atomic E-state index is 0.374. The molecular weight excluding hydrogens is 316 g/mol. The molecule has 23 heavy (non-hydrogen) atoms. The molecule has 0 unspecified atom stereocenters. The van der Waals surface area contributed by atoms with Crippen molar-refractivity contribution < 1.29 is 14.3 Å². The average Bonchev–Trinajstić information content (AvgIpc) is 2.52. The number of hydrogen-bond acceptors (Lipinski definition) is 3.